The fraction of sp³-hybridized carbons (Fsp3) is 0.333. The molecule has 6 heteroatoms. The lowest BCUT2D eigenvalue weighted by Gasteiger charge is -2.26. The number of halogens is 1. The Morgan fingerprint density at radius 3 is 2.52 bits per heavy atom. The number of rotatable bonds is 5. The number of hydrogen-bond donors (Lipinski definition) is 0. The fourth-order valence-corrected chi connectivity index (χ4v) is 3.60. The Morgan fingerprint density at radius 1 is 1.00 bits per heavy atom. The van der Waals surface area contributed by atoms with Crippen LogP contribution in [0.4, 0.5) is 0 Å². The lowest BCUT2D eigenvalue weighted by molar-refractivity contribution is 0.0369. The van der Waals surface area contributed by atoms with Crippen LogP contribution in [0.3, 0.4) is 0 Å². The van der Waals surface area contributed by atoms with Crippen molar-refractivity contribution in [1.29, 1.82) is 0 Å². The summed E-state index contributed by atoms with van der Waals surface area (Å²) < 4.78 is 7.20. The second kappa shape index (κ2) is 8.21. The Morgan fingerprint density at radius 2 is 1.74 bits per heavy atom. The molecule has 0 spiro atoms. The number of fused-ring (bicyclic) bond motifs is 1. The average Bonchev–Trinajstić information content (AvgIpc) is 2.71. The van der Waals surface area contributed by atoms with Gasteiger partial charge in [0.2, 0.25) is 0 Å². The van der Waals surface area contributed by atoms with Gasteiger partial charge < -0.3 is 4.74 Å². The summed E-state index contributed by atoms with van der Waals surface area (Å²) >= 11 is 6.03. The molecule has 0 bridgehead atoms. The number of ether oxygens (including phenoxy) is 1. The van der Waals surface area contributed by atoms with Crippen LogP contribution < -0.4 is 5.56 Å². The SMILES string of the molecule is O=c1c2ccccc2nc(-c2ccc(Cl)cc2)n1CCCN1CCOCC1. The first-order valence-electron chi connectivity index (χ1n) is 9.28. The van der Waals surface area contributed by atoms with Gasteiger partial charge in [-0.15, -0.1) is 0 Å². The highest BCUT2D eigenvalue weighted by atomic mass is 35.5. The third kappa shape index (κ3) is 4.05. The van der Waals surface area contributed by atoms with E-state index in [1.54, 1.807) is 4.57 Å². The van der Waals surface area contributed by atoms with Gasteiger partial charge in [0.05, 0.1) is 24.1 Å². The molecule has 3 aromatic rings. The molecule has 140 valence electrons. The van der Waals surface area contributed by atoms with Gasteiger partial charge in [0.15, 0.2) is 0 Å². The zero-order valence-corrected chi connectivity index (χ0v) is 15.9. The second-order valence-corrected chi connectivity index (χ2v) is 7.16. The van der Waals surface area contributed by atoms with Gasteiger partial charge in [-0.25, -0.2) is 4.98 Å². The number of nitrogens with zero attached hydrogens (tertiary/aromatic N) is 3. The molecule has 0 aliphatic carbocycles. The van der Waals surface area contributed by atoms with Crippen molar-refractivity contribution in [2.75, 3.05) is 32.8 Å². The smallest absolute Gasteiger partial charge is 0.261 e. The van der Waals surface area contributed by atoms with E-state index in [9.17, 15) is 4.79 Å². The predicted octanol–water partition coefficient (Wildman–Crippen LogP) is 3.44. The normalized spacial score (nSPS) is 15.3. The minimum Gasteiger partial charge on any atom is -0.379 e. The van der Waals surface area contributed by atoms with Crippen LogP contribution in [0.15, 0.2) is 53.3 Å². The van der Waals surface area contributed by atoms with E-state index in [4.69, 9.17) is 21.3 Å². The van der Waals surface area contributed by atoms with E-state index in [1.807, 2.05) is 48.5 Å². The molecule has 1 fully saturated rings. The van der Waals surface area contributed by atoms with Crippen molar-refractivity contribution in [2.45, 2.75) is 13.0 Å². The Balaban J connectivity index is 1.67. The highest BCUT2D eigenvalue weighted by Crippen LogP contribution is 2.21. The number of morpholine rings is 1. The van der Waals surface area contributed by atoms with E-state index >= 15 is 0 Å². The summed E-state index contributed by atoms with van der Waals surface area (Å²) in [6.45, 7) is 5.06. The summed E-state index contributed by atoms with van der Waals surface area (Å²) in [4.78, 5) is 20.3. The van der Waals surface area contributed by atoms with Crippen molar-refractivity contribution >= 4 is 22.5 Å². The maximum absolute atomic E-state index is 13.1. The standard InChI is InChI=1S/C21H22ClN3O2/c22-17-8-6-16(7-9-17)20-23-19-5-2-1-4-18(19)21(26)25(20)11-3-10-24-12-14-27-15-13-24/h1-2,4-9H,3,10-15H2. The first-order valence-corrected chi connectivity index (χ1v) is 9.66. The first-order chi connectivity index (χ1) is 13.2. The van der Waals surface area contributed by atoms with Crippen molar-refractivity contribution in [3.05, 3.63) is 63.9 Å². The molecule has 27 heavy (non-hydrogen) atoms. The second-order valence-electron chi connectivity index (χ2n) is 6.72. The maximum atomic E-state index is 13.1. The Kier molecular flexibility index (Phi) is 5.53. The molecular formula is C21H22ClN3O2. The van der Waals surface area contributed by atoms with Gasteiger partial charge in [-0.2, -0.15) is 0 Å². The Hall–Kier alpha value is -2.21. The molecule has 2 heterocycles. The summed E-state index contributed by atoms with van der Waals surface area (Å²) in [5.41, 5.74) is 1.62. The van der Waals surface area contributed by atoms with Crippen molar-refractivity contribution in [2.24, 2.45) is 0 Å². The van der Waals surface area contributed by atoms with Gasteiger partial charge in [-0.05, 0) is 42.8 Å². The molecule has 0 radical (unpaired) electrons. The molecule has 0 saturated carbocycles. The summed E-state index contributed by atoms with van der Waals surface area (Å²) in [6.07, 6.45) is 0.889. The molecule has 1 aliphatic rings. The predicted molar refractivity (Wildman–Crippen MR) is 108 cm³/mol. The monoisotopic (exact) mass is 383 g/mol. The Labute approximate surface area is 163 Å². The molecule has 4 rings (SSSR count). The van der Waals surface area contributed by atoms with Crippen LogP contribution in [0.2, 0.25) is 5.02 Å². The molecule has 0 atom stereocenters. The molecule has 0 unspecified atom stereocenters. The molecule has 1 aromatic heterocycles. The van der Waals surface area contributed by atoms with E-state index in [0.29, 0.717) is 22.8 Å². The molecule has 2 aromatic carbocycles. The number of hydrogen-bond acceptors (Lipinski definition) is 4. The van der Waals surface area contributed by atoms with Crippen molar-refractivity contribution < 1.29 is 4.74 Å². The van der Waals surface area contributed by atoms with Crippen LogP contribution in [0, 0.1) is 0 Å². The minimum atomic E-state index is 0.00697. The highest BCUT2D eigenvalue weighted by molar-refractivity contribution is 6.30. The van der Waals surface area contributed by atoms with Gasteiger partial charge in [0.1, 0.15) is 5.82 Å². The van der Waals surface area contributed by atoms with Crippen molar-refractivity contribution in [3.63, 3.8) is 0 Å². The van der Waals surface area contributed by atoms with E-state index < -0.39 is 0 Å². The van der Waals surface area contributed by atoms with Crippen LogP contribution in [0.25, 0.3) is 22.3 Å². The lowest BCUT2D eigenvalue weighted by atomic mass is 10.1. The molecule has 0 N–H and O–H groups in total. The molecule has 1 aliphatic heterocycles. The molecule has 1 saturated heterocycles. The van der Waals surface area contributed by atoms with Crippen molar-refractivity contribution in [3.8, 4) is 11.4 Å². The summed E-state index contributed by atoms with van der Waals surface area (Å²) in [5, 5.41) is 1.32. The number of benzene rings is 2. The average molecular weight is 384 g/mol. The summed E-state index contributed by atoms with van der Waals surface area (Å²) in [5.74, 6) is 0.692. The summed E-state index contributed by atoms with van der Waals surface area (Å²) in [6, 6.07) is 15.0. The van der Waals surface area contributed by atoms with E-state index in [-0.39, 0.29) is 5.56 Å². The van der Waals surface area contributed by atoms with Crippen LogP contribution >= 0.6 is 11.6 Å². The summed E-state index contributed by atoms with van der Waals surface area (Å²) in [7, 11) is 0. The van der Waals surface area contributed by atoms with E-state index in [2.05, 4.69) is 4.90 Å². The van der Waals surface area contributed by atoms with Crippen LogP contribution in [-0.4, -0.2) is 47.3 Å². The van der Waals surface area contributed by atoms with E-state index in [0.717, 1.165) is 50.3 Å². The van der Waals surface area contributed by atoms with E-state index in [1.165, 1.54) is 0 Å². The third-order valence-electron chi connectivity index (χ3n) is 4.92. The molecule has 5 nitrogen and oxygen atoms in total. The Bertz CT molecular complexity index is 979. The highest BCUT2D eigenvalue weighted by Gasteiger charge is 2.14. The minimum absolute atomic E-state index is 0.00697. The van der Waals surface area contributed by atoms with Crippen LogP contribution in [0.5, 0.6) is 0 Å². The fourth-order valence-electron chi connectivity index (χ4n) is 3.47. The van der Waals surface area contributed by atoms with Gasteiger partial charge >= 0.3 is 0 Å². The van der Waals surface area contributed by atoms with Crippen LogP contribution in [-0.2, 0) is 11.3 Å². The largest absolute Gasteiger partial charge is 0.379 e. The van der Waals surface area contributed by atoms with Gasteiger partial charge in [0.25, 0.3) is 5.56 Å². The third-order valence-corrected chi connectivity index (χ3v) is 5.18. The van der Waals surface area contributed by atoms with Gasteiger partial charge in [-0.3, -0.25) is 14.3 Å². The maximum Gasteiger partial charge on any atom is 0.261 e. The zero-order chi connectivity index (χ0) is 18.6. The lowest BCUT2D eigenvalue weighted by Crippen LogP contribution is -2.37. The van der Waals surface area contributed by atoms with Gasteiger partial charge in [-0.1, -0.05) is 23.7 Å². The first kappa shape index (κ1) is 18.2. The molecular weight excluding hydrogens is 362 g/mol. The number of para-hydroxylation sites is 1. The topological polar surface area (TPSA) is 47.4 Å². The zero-order valence-electron chi connectivity index (χ0n) is 15.1. The quantitative estimate of drug-likeness (QED) is 0.677. The number of aromatic nitrogens is 2. The van der Waals surface area contributed by atoms with Crippen molar-refractivity contribution in [1.82, 2.24) is 14.5 Å². The van der Waals surface area contributed by atoms with Crippen LogP contribution in [0.1, 0.15) is 6.42 Å². The van der Waals surface area contributed by atoms with Gasteiger partial charge in [0, 0.05) is 36.8 Å². The molecule has 0 amide bonds.